The fourth-order valence-electron chi connectivity index (χ4n) is 4.53. The maximum absolute atomic E-state index is 13.6. The molecule has 5 unspecified atom stereocenters. The number of benzene rings is 3. The Labute approximate surface area is 249 Å². The maximum atomic E-state index is 13.6. The number of phenols is 8. The van der Waals surface area contributed by atoms with Crippen LogP contribution in [0.4, 0.5) is 0 Å². The molecule has 5 atom stereocenters. The van der Waals surface area contributed by atoms with Crippen molar-refractivity contribution in [3.8, 4) is 63.1 Å². The molecule has 1 fully saturated rings. The monoisotopic (exact) mass is 632 g/mol. The summed E-state index contributed by atoms with van der Waals surface area (Å²) in [7, 11) is 0. The van der Waals surface area contributed by atoms with Crippen molar-refractivity contribution in [1.82, 2.24) is 0 Å². The number of aliphatic hydroxyl groups is 3. The van der Waals surface area contributed by atoms with Gasteiger partial charge in [-0.2, -0.15) is 0 Å². The minimum absolute atomic E-state index is 0.295. The summed E-state index contributed by atoms with van der Waals surface area (Å²) in [5.74, 6) is -9.11. The van der Waals surface area contributed by atoms with E-state index >= 15 is 0 Å². The quantitative estimate of drug-likeness (QED) is 0.0995. The van der Waals surface area contributed by atoms with Crippen LogP contribution in [0, 0.1) is 0 Å². The van der Waals surface area contributed by atoms with Crippen LogP contribution < -0.4 is 10.2 Å². The second kappa shape index (κ2) is 11.5. The Morgan fingerprint density at radius 3 is 1.91 bits per heavy atom. The third-order valence-corrected chi connectivity index (χ3v) is 6.84. The molecule has 2 heterocycles. The first-order chi connectivity index (χ1) is 21.2. The Hall–Kier alpha value is -5.62. The minimum Gasteiger partial charge on any atom is -0.508 e. The van der Waals surface area contributed by atoms with E-state index in [2.05, 4.69) is 0 Å². The number of fused-ring (bicyclic) bond motifs is 1. The molecule has 1 aliphatic heterocycles. The van der Waals surface area contributed by atoms with E-state index in [1.807, 2.05) is 0 Å². The van der Waals surface area contributed by atoms with Crippen molar-refractivity contribution in [2.24, 2.45) is 0 Å². The molecule has 45 heavy (non-hydrogen) atoms. The van der Waals surface area contributed by atoms with E-state index in [0.29, 0.717) is 0 Å². The third kappa shape index (κ3) is 5.58. The lowest BCUT2D eigenvalue weighted by molar-refractivity contribution is -0.277. The van der Waals surface area contributed by atoms with Crippen LogP contribution in [0.1, 0.15) is 10.4 Å². The number of carbonyl (C=O) groups excluding carboxylic acids is 1. The van der Waals surface area contributed by atoms with Gasteiger partial charge in [-0.3, -0.25) is 4.79 Å². The van der Waals surface area contributed by atoms with Gasteiger partial charge in [0.15, 0.2) is 40.3 Å². The Kier molecular flexibility index (Phi) is 7.86. The molecule has 1 aromatic heterocycles. The molecule has 1 saturated heterocycles. The fraction of sp³-hybridized carbons (Fsp3) is 0.214. The van der Waals surface area contributed by atoms with E-state index in [4.69, 9.17) is 18.6 Å². The highest BCUT2D eigenvalue weighted by Gasteiger charge is 2.46. The summed E-state index contributed by atoms with van der Waals surface area (Å²) in [5.41, 5.74) is -2.26. The van der Waals surface area contributed by atoms with Gasteiger partial charge >= 0.3 is 5.97 Å². The summed E-state index contributed by atoms with van der Waals surface area (Å²) in [4.78, 5) is 26.0. The number of phenolic OH excluding ortho intramolecular Hbond substituents is 8. The van der Waals surface area contributed by atoms with Gasteiger partial charge in [-0.05, 0) is 24.3 Å². The lowest BCUT2D eigenvalue weighted by atomic mass is 9.99. The predicted octanol–water partition coefficient (Wildman–Crippen LogP) is 0.148. The largest absolute Gasteiger partial charge is 0.508 e. The first kappa shape index (κ1) is 30.8. The summed E-state index contributed by atoms with van der Waals surface area (Å²) < 4.78 is 21.8. The summed E-state index contributed by atoms with van der Waals surface area (Å²) in [6, 6.07) is 5.02. The number of hydrogen-bond acceptors (Lipinski definition) is 17. The fourth-order valence-corrected chi connectivity index (χ4v) is 4.53. The number of rotatable bonds is 6. The lowest BCUT2D eigenvalue weighted by Gasteiger charge is -2.39. The molecule has 11 N–H and O–H groups in total. The molecule has 0 saturated carbocycles. The average molecular weight is 632 g/mol. The lowest BCUT2D eigenvalue weighted by Crippen LogP contribution is -2.60. The molecular formula is C28H24O17. The molecule has 238 valence electrons. The van der Waals surface area contributed by atoms with Crippen molar-refractivity contribution in [1.29, 1.82) is 0 Å². The number of carbonyl (C=O) groups is 1. The zero-order valence-corrected chi connectivity index (χ0v) is 22.4. The van der Waals surface area contributed by atoms with Gasteiger partial charge in [-0.25, -0.2) is 4.79 Å². The van der Waals surface area contributed by atoms with Crippen LogP contribution in [0.2, 0.25) is 0 Å². The smallest absolute Gasteiger partial charge is 0.338 e. The first-order valence-electron chi connectivity index (χ1n) is 12.7. The van der Waals surface area contributed by atoms with Crippen LogP contribution in [-0.4, -0.2) is 99.5 Å². The minimum atomic E-state index is -2.07. The zero-order chi connectivity index (χ0) is 32.9. The van der Waals surface area contributed by atoms with Crippen LogP contribution in [0.5, 0.6) is 51.7 Å². The Bertz CT molecular complexity index is 1820. The van der Waals surface area contributed by atoms with E-state index in [1.165, 1.54) is 0 Å². The third-order valence-electron chi connectivity index (χ3n) is 6.84. The Morgan fingerprint density at radius 2 is 1.31 bits per heavy atom. The predicted molar refractivity (Wildman–Crippen MR) is 145 cm³/mol. The number of ether oxygens (including phenoxy) is 3. The second-order valence-electron chi connectivity index (χ2n) is 9.88. The highest BCUT2D eigenvalue weighted by atomic mass is 16.7. The van der Waals surface area contributed by atoms with Gasteiger partial charge in [-0.1, -0.05) is 0 Å². The topological polar surface area (TPSA) is 298 Å². The number of esters is 1. The van der Waals surface area contributed by atoms with Gasteiger partial charge in [0, 0.05) is 17.7 Å². The molecule has 3 aromatic carbocycles. The van der Waals surface area contributed by atoms with E-state index in [0.717, 1.165) is 36.4 Å². The van der Waals surface area contributed by atoms with Crippen LogP contribution in [0.15, 0.2) is 45.6 Å². The van der Waals surface area contributed by atoms with Gasteiger partial charge in [0.1, 0.15) is 53.5 Å². The SMILES string of the molecule is O=C(OCC1OC(Oc2c(-c3cc(O)c(O)c(O)c3)oc3cc(O)cc(O)c3c2=O)C(O)C(O)C1O)c1cc(O)c(O)c(O)c1. The van der Waals surface area contributed by atoms with Crippen molar-refractivity contribution in [3.63, 3.8) is 0 Å². The van der Waals surface area contributed by atoms with E-state index in [9.17, 15) is 65.8 Å². The summed E-state index contributed by atoms with van der Waals surface area (Å²) in [6.45, 7) is -0.828. The zero-order valence-electron chi connectivity index (χ0n) is 22.4. The van der Waals surface area contributed by atoms with Gasteiger partial charge in [0.2, 0.25) is 17.5 Å². The van der Waals surface area contributed by atoms with E-state index in [-0.39, 0.29) is 5.56 Å². The number of hydrogen-bond donors (Lipinski definition) is 11. The standard InChI is InChI=1S/C28H24O17/c29-10-5-11(30)18-16(6-10)43-25(8-1-12(31)19(35)13(32)2-8)26(22(18)38)45-28-24(40)23(39)21(37)17(44-28)7-42-27(41)9-3-14(33)20(36)15(34)4-9/h1-6,17,21,23-24,28-37,39-40H,7H2. The molecule has 4 aromatic rings. The normalized spacial score (nSPS) is 21.4. The molecule has 17 heteroatoms. The summed E-state index contributed by atoms with van der Waals surface area (Å²) in [5, 5.41) is 110. The van der Waals surface area contributed by atoms with Crippen molar-refractivity contribution in [2.75, 3.05) is 6.61 Å². The summed E-state index contributed by atoms with van der Waals surface area (Å²) in [6.07, 6.45) is -9.67. The molecule has 0 radical (unpaired) electrons. The molecule has 5 rings (SSSR count). The van der Waals surface area contributed by atoms with Gasteiger partial charge in [-0.15, -0.1) is 0 Å². The average Bonchev–Trinajstić information content (AvgIpc) is 2.98. The molecule has 0 spiro atoms. The van der Waals surface area contributed by atoms with Crippen molar-refractivity contribution in [3.05, 3.63) is 52.2 Å². The highest BCUT2D eigenvalue weighted by molar-refractivity contribution is 5.91. The van der Waals surface area contributed by atoms with Crippen molar-refractivity contribution >= 4 is 16.9 Å². The molecule has 0 bridgehead atoms. The van der Waals surface area contributed by atoms with Crippen molar-refractivity contribution in [2.45, 2.75) is 30.7 Å². The number of aromatic hydroxyl groups is 8. The van der Waals surface area contributed by atoms with Crippen LogP contribution in [-0.2, 0) is 9.47 Å². The molecule has 0 aliphatic carbocycles. The van der Waals surface area contributed by atoms with Gasteiger partial charge in [0.25, 0.3) is 0 Å². The Morgan fingerprint density at radius 1 is 0.733 bits per heavy atom. The van der Waals surface area contributed by atoms with E-state index in [1.54, 1.807) is 0 Å². The molecule has 1 aliphatic rings. The molecule has 0 amide bonds. The highest BCUT2D eigenvalue weighted by Crippen LogP contribution is 2.43. The first-order valence-corrected chi connectivity index (χ1v) is 12.7. The Balaban J connectivity index is 1.50. The van der Waals surface area contributed by atoms with Gasteiger partial charge in [0.05, 0.1) is 5.56 Å². The van der Waals surface area contributed by atoms with Gasteiger partial charge < -0.3 is 74.8 Å². The van der Waals surface area contributed by atoms with E-state index < -0.39 is 123 Å². The maximum Gasteiger partial charge on any atom is 0.338 e. The van der Waals surface area contributed by atoms with Crippen molar-refractivity contribution < 1.29 is 79.6 Å². The van der Waals surface area contributed by atoms with Crippen LogP contribution in [0.3, 0.4) is 0 Å². The van der Waals surface area contributed by atoms with Crippen LogP contribution in [0.25, 0.3) is 22.3 Å². The second-order valence-corrected chi connectivity index (χ2v) is 9.88. The molecule has 17 nitrogen and oxygen atoms in total. The number of aliphatic hydroxyl groups excluding tert-OH is 3. The molecular weight excluding hydrogens is 608 g/mol. The summed E-state index contributed by atoms with van der Waals surface area (Å²) >= 11 is 0. The van der Waals surface area contributed by atoms with Crippen LogP contribution >= 0.6 is 0 Å².